The Morgan fingerprint density at radius 1 is 1.23 bits per heavy atom. The lowest BCUT2D eigenvalue weighted by atomic mass is 9.90. The van der Waals surface area contributed by atoms with Crippen molar-refractivity contribution in [1.82, 2.24) is 8.97 Å². The number of aryl methyl sites for hydroxylation is 1. The second-order valence-corrected chi connectivity index (χ2v) is 6.51. The first-order chi connectivity index (χ1) is 10.8. The van der Waals surface area contributed by atoms with Crippen LogP contribution in [0.3, 0.4) is 0 Å². The van der Waals surface area contributed by atoms with Gasteiger partial charge in [-0.15, -0.1) is 0 Å². The maximum absolute atomic E-state index is 4.45. The van der Waals surface area contributed by atoms with Crippen LogP contribution in [0.1, 0.15) is 37.1 Å². The summed E-state index contributed by atoms with van der Waals surface area (Å²) in [5.41, 5.74) is 4.33. The van der Waals surface area contributed by atoms with Gasteiger partial charge in [0, 0.05) is 34.6 Å². The third kappa shape index (κ3) is 1.48. The number of para-hydroxylation sites is 1. The van der Waals surface area contributed by atoms with E-state index in [1.807, 2.05) is 12.4 Å². The Hall–Kier alpha value is -2.29. The zero-order valence-electron chi connectivity index (χ0n) is 12.8. The predicted octanol–water partition coefficient (Wildman–Crippen LogP) is 3.44. The topological polar surface area (TPSA) is 21.7 Å². The van der Waals surface area contributed by atoms with E-state index in [9.17, 15) is 0 Å². The third-order valence-corrected chi connectivity index (χ3v) is 5.24. The van der Waals surface area contributed by atoms with Gasteiger partial charge < -0.3 is 8.97 Å². The summed E-state index contributed by atoms with van der Waals surface area (Å²) >= 11 is 0. The molecule has 3 aromatic rings. The van der Waals surface area contributed by atoms with E-state index in [2.05, 4.69) is 51.3 Å². The second kappa shape index (κ2) is 4.35. The number of hydrogen-bond acceptors (Lipinski definition) is 1. The first-order valence-electron chi connectivity index (χ1n) is 8.18. The van der Waals surface area contributed by atoms with Gasteiger partial charge in [-0.05, 0) is 31.2 Å². The second-order valence-electron chi connectivity index (χ2n) is 6.51. The number of fused-ring (bicyclic) bond motifs is 5. The van der Waals surface area contributed by atoms with Crippen LogP contribution in [-0.4, -0.2) is 15.2 Å². The van der Waals surface area contributed by atoms with Gasteiger partial charge in [-0.3, -0.25) is 4.99 Å². The highest BCUT2D eigenvalue weighted by Gasteiger charge is 2.23. The van der Waals surface area contributed by atoms with Gasteiger partial charge in [0.15, 0.2) is 0 Å². The van der Waals surface area contributed by atoms with Crippen LogP contribution < -0.4 is 5.35 Å². The fraction of sp³-hybridized carbons (Fsp3) is 0.316. The molecule has 1 atom stereocenters. The summed E-state index contributed by atoms with van der Waals surface area (Å²) in [4.78, 5) is 4.45. The largest absolute Gasteiger partial charge is 0.336 e. The summed E-state index contributed by atoms with van der Waals surface area (Å²) in [5, 5.41) is 3.88. The molecule has 0 fully saturated rings. The molecule has 1 aliphatic heterocycles. The summed E-state index contributed by atoms with van der Waals surface area (Å²) in [6, 6.07) is 8.85. The number of rotatable bonds is 0. The Labute approximate surface area is 129 Å². The van der Waals surface area contributed by atoms with Crippen LogP contribution in [0.15, 0.2) is 35.5 Å². The maximum atomic E-state index is 4.45. The van der Waals surface area contributed by atoms with Crippen molar-refractivity contribution in [1.29, 1.82) is 0 Å². The summed E-state index contributed by atoms with van der Waals surface area (Å²) in [6.45, 7) is 3.25. The summed E-state index contributed by atoms with van der Waals surface area (Å²) in [6.07, 6.45) is 10.0. The van der Waals surface area contributed by atoms with E-state index in [-0.39, 0.29) is 0 Å². The van der Waals surface area contributed by atoms with Crippen LogP contribution in [0.25, 0.3) is 22.5 Å². The molecule has 3 heteroatoms. The molecular formula is C19H19N3. The average molecular weight is 289 g/mol. The molecule has 3 nitrogen and oxygen atoms in total. The summed E-state index contributed by atoms with van der Waals surface area (Å²) < 4.78 is 4.93. The van der Waals surface area contributed by atoms with Crippen molar-refractivity contribution in [3.05, 3.63) is 47.2 Å². The number of aromatic nitrogens is 2. The third-order valence-electron chi connectivity index (χ3n) is 5.24. The lowest BCUT2D eigenvalue weighted by Gasteiger charge is -2.25. The highest BCUT2D eigenvalue weighted by atomic mass is 15.0. The quantitative estimate of drug-likeness (QED) is 0.605. The maximum Gasteiger partial charge on any atom is 0.0693 e. The molecule has 0 saturated heterocycles. The molecule has 0 amide bonds. The molecule has 110 valence electrons. The molecule has 2 aromatic heterocycles. The molecule has 1 aromatic carbocycles. The standard InChI is InChI=1S/C19H19N3/c1-13-4-2-7-16-18(13)22-11-9-20-12-17(22)15-6-3-5-14-8-10-21(16)19(14)15/h3,5-6,8-10,12-13H,2,4,7,11H2,1H3. The fourth-order valence-corrected chi connectivity index (χ4v) is 4.28. The van der Waals surface area contributed by atoms with Crippen LogP contribution in [0, 0.1) is 0 Å². The van der Waals surface area contributed by atoms with Crippen molar-refractivity contribution in [2.45, 2.75) is 38.6 Å². The first kappa shape index (κ1) is 12.3. The fourth-order valence-electron chi connectivity index (χ4n) is 4.28. The molecule has 0 spiro atoms. The highest BCUT2D eigenvalue weighted by molar-refractivity contribution is 5.96. The van der Waals surface area contributed by atoms with Crippen molar-refractivity contribution in [3.8, 4) is 0 Å². The number of hydrogen-bond donors (Lipinski definition) is 0. The normalized spacial score (nSPS) is 20.0. The van der Waals surface area contributed by atoms with Gasteiger partial charge >= 0.3 is 0 Å². The molecule has 0 saturated carbocycles. The van der Waals surface area contributed by atoms with Gasteiger partial charge in [-0.2, -0.15) is 0 Å². The van der Waals surface area contributed by atoms with Crippen LogP contribution in [0.2, 0.25) is 0 Å². The first-order valence-corrected chi connectivity index (χ1v) is 8.18. The smallest absolute Gasteiger partial charge is 0.0693 e. The highest BCUT2D eigenvalue weighted by Crippen LogP contribution is 2.32. The Morgan fingerprint density at radius 2 is 2.18 bits per heavy atom. The van der Waals surface area contributed by atoms with E-state index < -0.39 is 0 Å². The zero-order chi connectivity index (χ0) is 14.7. The summed E-state index contributed by atoms with van der Waals surface area (Å²) in [7, 11) is 0. The van der Waals surface area contributed by atoms with Crippen molar-refractivity contribution in [2.24, 2.45) is 4.99 Å². The molecule has 0 N–H and O–H groups in total. The lowest BCUT2D eigenvalue weighted by Crippen LogP contribution is -2.28. The number of nitrogens with zero attached hydrogens (tertiary/aromatic N) is 3. The van der Waals surface area contributed by atoms with Gasteiger partial charge in [0.2, 0.25) is 0 Å². The van der Waals surface area contributed by atoms with Gasteiger partial charge in [-0.1, -0.05) is 25.1 Å². The van der Waals surface area contributed by atoms with Crippen LogP contribution in [0.5, 0.6) is 0 Å². The molecule has 3 heterocycles. The molecule has 22 heavy (non-hydrogen) atoms. The SMILES string of the molecule is CC1CCCc2c1n1c(c3cccc4ccn2c43)=CN=CC1. The van der Waals surface area contributed by atoms with Crippen molar-refractivity contribution in [2.75, 3.05) is 0 Å². The van der Waals surface area contributed by atoms with Crippen molar-refractivity contribution < 1.29 is 0 Å². The van der Waals surface area contributed by atoms with Gasteiger partial charge in [-0.25, -0.2) is 0 Å². The van der Waals surface area contributed by atoms with Crippen molar-refractivity contribution >= 4 is 28.7 Å². The molecule has 1 aliphatic carbocycles. The number of benzene rings is 1. The summed E-state index contributed by atoms with van der Waals surface area (Å²) in [5.74, 6) is 0.602. The molecule has 5 rings (SSSR count). The minimum atomic E-state index is 0.602. The van der Waals surface area contributed by atoms with E-state index in [4.69, 9.17) is 0 Å². The van der Waals surface area contributed by atoms with E-state index in [1.54, 1.807) is 0 Å². The Kier molecular flexibility index (Phi) is 2.43. The monoisotopic (exact) mass is 289 g/mol. The van der Waals surface area contributed by atoms with Crippen LogP contribution in [0.4, 0.5) is 0 Å². The Balaban J connectivity index is 2.14. The van der Waals surface area contributed by atoms with Crippen LogP contribution >= 0.6 is 0 Å². The van der Waals surface area contributed by atoms with Crippen LogP contribution in [-0.2, 0) is 13.0 Å². The van der Waals surface area contributed by atoms with E-state index in [0.29, 0.717) is 5.92 Å². The molecule has 1 unspecified atom stereocenters. The molecule has 0 radical (unpaired) electrons. The Morgan fingerprint density at radius 3 is 3.14 bits per heavy atom. The number of aliphatic imine (C=N–C) groups is 1. The van der Waals surface area contributed by atoms with Gasteiger partial charge in [0.25, 0.3) is 0 Å². The van der Waals surface area contributed by atoms with Gasteiger partial charge in [0.1, 0.15) is 0 Å². The molecule has 2 aliphatic rings. The lowest BCUT2D eigenvalue weighted by molar-refractivity contribution is 0.528. The van der Waals surface area contributed by atoms with E-state index >= 15 is 0 Å². The van der Waals surface area contributed by atoms with E-state index in [0.717, 1.165) is 6.54 Å². The predicted molar refractivity (Wildman–Crippen MR) is 91.2 cm³/mol. The zero-order valence-corrected chi connectivity index (χ0v) is 12.8. The minimum Gasteiger partial charge on any atom is -0.336 e. The minimum absolute atomic E-state index is 0.602. The Bertz CT molecular complexity index is 1000. The van der Waals surface area contributed by atoms with Gasteiger partial charge in [0.05, 0.1) is 23.6 Å². The molecule has 0 bridgehead atoms. The van der Waals surface area contributed by atoms with Crippen molar-refractivity contribution in [3.63, 3.8) is 0 Å². The average Bonchev–Trinajstić information content (AvgIpc) is 2.93. The molecular weight excluding hydrogens is 270 g/mol. The van der Waals surface area contributed by atoms with E-state index in [1.165, 1.54) is 52.3 Å².